The quantitative estimate of drug-likeness (QED) is 0.908. The molecule has 0 aliphatic rings. The zero-order chi connectivity index (χ0) is 13.7. The first-order chi connectivity index (χ1) is 9.20. The first-order valence-corrected chi connectivity index (χ1v) is 6.43. The Labute approximate surface area is 117 Å². The molecule has 0 bridgehead atoms. The van der Waals surface area contributed by atoms with Crippen molar-refractivity contribution in [1.29, 1.82) is 0 Å². The van der Waals surface area contributed by atoms with Gasteiger partial charge in [-0.15, -0.1) is 0 Å². The lowest BCUT2D eigenvalue weighted by Gasteiger charge is -2.11. The topological polar surface area (TPSA) is 35.2 Å². The number of ether oxygens (including phenoxy) is 1. The second kappa shape index (κ2) is 6.55. The fraction of sp³-hybridized carbons (Fsp3) is 0.200. The van der Waals surface area contributed by atoms with Crippen LogP contribution in [0.4, 0.5) is 4.39 Å². The Hall–Kier alpha value is -1.58. The third-order valence-corrected chi connectivity index (χ3v) is 3.10. The Morgan fingerprint density at radius 3 is 2.53 bits per heavy atom. The van der Waals surface area contributed by atoms with Crippen LogP contribution in [0.3, 0.4) is 0 Å². The molecule has 0 amide bonds. The Balaban J connectivity index is 2.10. The van der Waals surface area contributed by atoms with Gasteiger partial charge in [0.1, 0.15) is 18.2 Å². The van der Waals surface area contributed by atoms with Crippen LogP contribution in [0.5, 0.6) is 5.75 Å². The van der Waals surface area contributed by atoms with E-state index in [1.807, 2.05) is 24.3 Å². The van der Waals surface area contributed by atoms with Gasteiger partial charge >= 0.3 is 0 Å². The van der Waals surface area contributed by atoms with Crippen molar-refractivity contribution in [2.75, 3.05) is 6.54 Å². The highest BCUT2D eigenvalue weighted by molar-refractivity contribution is 6.32. The van der Waals surface area contributed by atoms with Crippen molar-refractivity contribution in [3.05, 3.63) is 64.4 Å². The molecule has 2 N–H and O–H groups in total. The van der Waals surface area contributed by atoms with E-state index in [4.69, 9.17) is 22.1 Å². The van der Waals surface area contributed by atoms with E-state index in [9.17, 15) is 4.39 Å². The molecule has 0 aliphatic heterocycles. The maximum Gasteiger partial charge on any atom is 0.138 e. The van der Waals surface area contributed by atoms with Crippen LogP contribution in [-0.2, 0) is 13.0 Å². The van der Waals surface area contributed by atoms with Crippen LogP contribution in [0.15, 0.2) is 42.5 Å². The zero-order valence-corrected chi connectivity index (χ0v) is 11.2. The molecule has 2 aromatic rings. The molecule has 0 heterocycles. The summed E-state index contributed by atoms with van der Waals surface area (Å²) in [5, 5.41) is 0.274. The molecule has 0 radical (unpaired) electrons. The maximum absolute atomic E-state index is 12.9. The Morgan fingerprint density at radius 1 is 1.11 bits per heavy atom. The normalized spacial score (nSPS) is 10.5. The summed E-state index contributed by atoms with van der Waals surface area (Å²) in [5.74, 6) is 0.103. The fourth-order valence-electron chi connectivity index (χ4n) is 1.85. The molecule has 0 saturated heterocycles. The van der Waals surface area contributed by atoms with Crippen LogP contribution < -0.4 is 10.5 Å². The average molecular weight is 280 g/mol. The summed E-state index contributed by atoms with van der Waals surface area (Å²) in [4.78, 5) is 0. The number of nitrogens with two attached hydrogens (primary N) is 1. The molecule has 0 aromatic heterocycles. The molecular weight excluding hydrogens is 265 g/mol. The van der Waals surface area contributed by atoms with E-state index in [2.05, 4.69) is 0 Å². The van der Waals surface area contributed by atoms with Crippen molar-refractivity contribution in [2.45, 2.75) is 13.0 Å². The number of benzene rings is 2. The van der Waals surface area contributed by atoms with Crippen LogP contribution in [-0.4, -0.2) is 6.54 Å². The first-order valence-electron chi connectivity index (χ1n) is 6.05. The Morgan fingerprint density at radius 2 is 1.84 bits per heavy atom. The highest BCUT2D eigenvalue weighted by atomic mass is 35.5. The molecular formula is C15H15ClFNO. The van der Waals surface area contributed by atoms with Gasteiger partial charge in [-0.2, -0.15) is 0 Å². The van der Waals surface area contributed by atoms with E-state index >= 15 is 0 Å². The minimum Gasteiger partial charge on any atom is -0.487 e. The summed E-state index contributed by atoms with van der Waals surface area (Å²) in [6.45, 7) is 0.982. The SMILES string of the molecule is NCCc1ccccc1COc1ccc(F)cc1Cl. The molecule has 0 unspecified atom stereocenters. The van der Waals surface area contributed by atoms with Crippen molar-refractivity contribution in [3.8, 4) is 5.75 Å². The molecule has 0 fully saturated rings. The van der Waals surface area contributed by atoms with E-state index in [0.717, 1.165) is 17.5 Å². The molecule has 19 heavy (non-hydrogen) atoms. The van der Waals surface area contributed by atoms with Gasteiger partial charge in [0.2, 0.25) is 0 Å². The third kappa shape index (κ3) is 3.69. The maximum atomic E-state index is 12.9. The minimum absolute atomic E-state index is 0.274. The lowest BCUT2D eigenvalue weighted by atomic mass is 10.1. The van der Waals surface area contributed by atoms with E-state index in [1.165, 1.54) is 18.2 Å². The van der Waals surface area contributed by atoms with Crippen molar-refractivity contribution in [1.82, 2.24) is 0 Å². The lowest BCUT2D eigenvalue weighted by molar-refractivity contribution is 0.304. The number of halogens is 2. The molecule has 100 valence electrons. The van der Waals surface area contributed by atoms with Gasteiger partial charge in [0.25, 0.3) is 0 Å². The van der Waals surface area contributed by atoms with Crippen LogP contribution in [0, 0.1) is 5.82 Å². The molecule has 0 spiro atoms. The number of rotatable bonds is 5. The second-order valence-corrected chi connectivity index (χ2v) is 4.58. The monoisotopic (exact) mass is 279 g/mol. The van der Waals surface area contributed by atoms with Gasteiger partial charge in [0.15, 0.2) is 0 Å². The van der Waals surface area contributed by atoms with Gasteiger partial charge < -0.3 is 10.5 Å². The zero-order valence-electron chi connectivity index (χ0n) is 10.4. The summed E-state index contributed by atoms with van der Waals surface area (Å²) < 4.78 is 18.5. The van der Waals surface area contributed by atoms with Gasteiger partial charge in [-0.1, -0.05) is 35.9 Å². The van der Waals surface area contributed by atoms with Crippen molar-refractivity contribution >= 4 is 11.6 Å². The number of hydrogen-bond donors (Lipinski definition) is 1. The van der Waals surface area contributed by atoms with Crippen LogP contribution in [0.2, 0.25) is 5.02 Å². The predicted octanol–water partition coefficient (Wildman–Crippen LogP) is 3.56. The first kappa shape index (κ1) is 13.8. The van der Waals surface area contributed by atoms with Gasteiger partial charge in [-0.3, -0.25) is 0 Å². The van der Waals surface area contributed by atoms with E-state index < -0.39 is 0 Å². The second-order valence-electron chi connectivity index (χ2n) is 4.17. The van der Waals surface area contributed by atoms with Gasteiger partial charge in [-0.25, -0.2) is 4.39 Å². The average Bonchev–Trinajstić information content (AvgIpc) is 2.40. The van der Waals surface area contributed by atoms with Crippen LogP contribution in [0.25, 0.3) is 0 Å². The summed E-state index contributed by atoms with van der Waals surface area (Å²) in [6.07, 6.45) is 0.802. The highest BCUT2D eigenvalue weighted by Crippen LogP contribution is 2.26. The summed E-state index contributed by atoms with van der Waals surface area (Å²) >= 11 is 5.91. The third-order valence-electron chi connectivity index (χ3n) is 2.81. The van der Waals surface area contributed by atoms with Gasteiger partial charge in [-0.05, 0) is 42.3 Å². The molecule has 4 heteroatoms. The molecule has 2 aromatic carbocycles. The van der Waals surface area contributed by atoms with Gasteiger partial charge in [0, 0.05) is 0 Å². The van der Waals surface area contributed by atoms with E-state index in [-0.39, 0.29) is 10.8 Å². The smallest absolute Gasteiger partial charge is 0.138 e. The fourth-order valence-corrected chi connectivity index (χ4v) is 2.07. The van der Waals surface area contributed by atoms with Crippen LogP contribution in [0.1, 0.15) is 11.1 Å². The summed E-state index contributed by atoms with van der Waals surface area (Å²) in [5.41, 5.74) is 7.79. The van der Waals surface area contributed by atoms with Crippen molar-refractivity contribution < 1.29 is 9.13 Å². The standard InChI is InChI=1S/C15H15ClFNO/c16-14-9-13(17)5-6-15(14)19-10-12-4-2-1-3-11(12)7-8-18/h1-6,9H,7-8,10,18H2. The molecule has 0 saturated carbocycles. The van der Waals surface area contributed by atoms with Crippen molar-refractivity contribution in [2.24, 2.45) is 5.73 Å². The highest BCUT2D eigenvalue weighted by Gasteiger charge is 2.05. The predicted molar refractivity (Wildman–Crippen MR) is 74.9 cm³/mol. The molecule has 0 atom stereocenters. The van der Waals surface area contributed by atoms with E-state index in [1.54, 1.807) is 0 Å². The Bertz CT molecular complexity index is 560. The van der Waals surface area contributed by atoms with E-state index in [0.29, 0.717) is 18.9 Å². The largest absolute Gasteiger partial charge is 0.487 e. The summed E-state index contributed by atoms with van der Waals surface area (Å²) in [6, 6.07) is 12.0. The van der Waals surface area contributed by atoms with Crippen LogP contribution >= 0.6 is 11.6 Å². The number of hydrogen-bond acceptors (Lipinski definition) is 2. The molecule has 0 aliphatic carbocycles. The van der Waals surface area contributed by atoms with Gasteiger partial charge in [0.05, 0.1) is 5.02 Å². The van der Waals surface area contributed by atoms with Crippen molar-refractivity contribution in [3.63, 3.8) is 0 Å². The molecule has 2 nitrogen and oxygen atoms in total. The summed E-state index contributed by atoms with van der Waals surface area (Å²) in [7, 11) is 0. The lowest BCUT2D eigenvalue weighted by Crippen LogP contribution is -2.07. The Kier molecular flexibility index (Phi) is 4.77. The molecule has 2 rings (SSSR count). The minimum atomic E-state index is -0.374.